The lowest BCUT2D eigenvalue weighted by molar-refractivity contribution is -0.138. The van der Waals surface area contributed by atoms with Crippen LogP contribution in [0.25, 0.3) is 0 Å². The minimum atomic E-state index is -4.67. The maximum Gasteiger partial charge on any atom is 0.417 e. The Morgan fingerprint density at radius 1 is 1.53 bits per heavy atom. The number of rotatable bonds is 2. The van der Waals surface area contributed by atoms with E-state index in [2.05, 4.69) is 4.98 Å². The van der Waals surface area contributed by atoms with Crippen LogP contribution in [0, 0.1) is 0 Å². The SMILES string of the molecule is CCc1nccc(C(F)(F)F)c1C(=O)O. The minimum Gasteiger partial charge on any atom is -0.478 e. The highest BCUT2D eigenvalue weighted by Crippen LogP contribution is 2.32. The van der Waals surface area contributed by atoms with Gasteiger partial charge in [0.15, 0.2) is 0 Å². The van der Waals surface area contributed by atoms with Crippen molar-refractivity contribution in [3.05, 3.63) is 29.1 Å². The molecule has 1 aromatic heterocycles. The number of pyridine rings is 1. The number of carbonyl (C=O) groups is 1. The molecule has 3 nitrogen and oxygen atoms in total. The van der Waals surface area contributed by atoms with Crippen LogP contribution in [0.4, 0.5) is 13.2 Å². The quantitative estimate of drug-likeness (QED) is 0.830. The molecule has 15 heavy (non-hydrogen) atoms. The average Bonchev–Trinajstić information content (AvgIpc) is 2.15. The van der Waals surface area contributed by atoms with Crippen LogP contribution in [0.2, 0.25) is 0 Å². The molecule has 0 atom stereocenters. The number of carboxylic acid groups (broad SMARTS) is 1. The molecule has 0 unspecified atom stereocenters. The molecular weight excluding hydrogens is 211 g/mol. The van der Waals surface area contributed by atoms with Crippen LogP contribution < -0.4 is 0 Å². The van der Waals surface area contributed by atoms with Gasteiger partial charge in [0.05, 0.1) is 16.8 Å². The Kier molecular flexibility index (Phi) is 2.97. The maximum atomic E-state index is 12.4. The molecule has 0 aromatic carbocycles. The van der Waals surface area contributed by atoms with Crippen LogP contribution >= 0.6 is 0 Å². The third-order valence-corrected chi connectivity index (χ3v) is 1.88. The Balaban J connectivity index is 3.46. The molecule has 0 radical (unpaired) electrons. The van der Waals surface area contributed by atoms with E-state index in [1.165, 1.54) is 0 Å². The highest BCUT2D eigenvalue weighted by Gasteiger charge is 2.36. The van der Waals surface area contributed by atoms with E-state index >= 15 is 0 Å². The van der Waals surface area contributed by atoms with Gasteiger partial charge in [-0.2, -0.15) is 13.2 Å². The highest BCUT2D eigenvalue weighted by molar-refractivity contribution is 5.90. The molecule has 1 heterocycles. The summed E-state index contributed by atoms with van der Waals surface area (Å²) in [6, 6.07) is 0.669. The standard InChI is InChI=1S/C9H8F3NO2/c1-2-6-7(8(14)15)5(3-4-13-6)9(10,11)12/h3-4H,2H2,1H3,(H,14,15). The lowest BCUT2D eigenvalue weighted by Gasteiger charge is -2.11. The smallest absolute Gasteiger partial charge is 0.417 e. The number of hydrogen-bond acceptors (Lipinski definition) is 2. The summed E-state index contributed by atoms with van der Waals surface area (Å²) >= 11 is 0. The van der Waals surface area contributed by atoms with Crippen molar-refractivity contribution in [1.82, 2.24) is 4.98 Å². The zero-order valence-electron chi connectivity index (χ0n) is 7.80. The van der Waals surface area contributed by atoms with Crippen LogP contribution in [0.3, 0.4) is 0 Å². The summed E-state index contributed by atoms with van der Waals surface area (Å²) in [4.78, 5) is 14.3. The Hall–Kier alpha value is -1.59. The van der Waals surface area contributed by atoms with E-state index in [9.17, 15) is 18.0 Å². The number of hydrogen-bond donors (Lipinski definition) is 1. The summed E-state index contributed by atoms with van der Waals surface area (Å²) in [5.41, 5.74) is -1.97. The molecule has 0 aliphatic carbocycles. The van der Waals surface area contributed by atoms with Crippen LogP contribution in [0.15, 0.2) is 12.3 Å². The van der Waals surface area contributed by atoms with Crippen molar-refractivity contribution in [1.29, 1.82) is 0 Å². The lowest BCUT2D eigenvalue weighted by Crippen LogP contribution is -2.16. The topological polar surface area (TPSA) is 50.2 Å². The Bertz CT molecular complexity index is 387. The van der Waals surface area contributed by atoms with E-state index in [1.807, 2.05) is 0 Å². The number of aromatic carboxylic acids is 1. The summed E-state index contributed by atoms with van der Waals surface area (Å²) in [6.45, 7) is 1.55. The van der Waals surface area contributed by atoms with Crippen molar-refractivity contribution < 1.29 is 23.1 Å². The van der Waals surface area contributed by atoms with Gasteiger partial charge in [0.1, 0.15) is 0 Å². The lowest BCUT2D eigenvalue weighted by atomic mass is 10.0. The van der Waals surface area contributed by atoms with Gasteiger partial charge in [0, 0.05) is 6.20 Å². The summed E-state index contributed by atoms with van der Waals surface area (Å²) in [5, 5.41) is 8.70. The van der Waals surface area contributed by atoms with Gasteiger partial charge < -0.3 is 5.11 Å². The van der Waals surface area contributed by atoms with Gasteiger partial charge in [-0.1, -0.05) is 6.92 Å². The van der Waals surface area contributed by atoms with Crippen molar-refractivity contribution in [2.45, 2.75) is 19.5 Å². The van der Waals surface area contributed by atoms with E-state index in [0.717, 1.165) is 6.20 Å². The minimum absolute atomic E-state index is 0.0580. The van der Waals surface area contributed by atoms with Crippen molar-refractivity contribution in [2.24, 2.45) is 0 Å². The molecule has 82 valence electrons. The first-order valence-electron chi connectivity index (χ1n) is 4.16. The maximum absolute atomic E-state index is 12.4. The monoisotopic (exact) mass is 219 g/mol. The first kappa shape index (κ1) is 11.5. The molecule has 0 amide bonds. The molecule has 0 saturated carbocycles. The second-order valence-electron chi connectivity index (χ2n) is 2.84. The van der Waals surface area contributed by atoms with Crippen molar-refractivity contribution in [2.75, 3.05) is 0 Å². The van der Waals surface area contributed by atoms with Crippen molar-refractivity contribution >= 4 is 5.97 Å². The van der Waals surface area contributed by atoms with Crippen molar-refractivity contribution in [3.8, 4) is 0 Å². The van der Waals surface area contributed by atoms with Gasteiger partial charge in [0.2, 0.25) is 0 Å². The third-order valence-electron chi connectivity index (χ3n) is 1.88. The fourth-order valence-corrected chi connectivity index (χ4v) is 1.25. The van der Waals surface area contributed by atoms with E-state index < -0.39 is 23.3 Å². The number of alkyl halides is 3. The number of halogens is 3. The molecule has 0 aliphatic rings. The molecule has 0 bridgehead atoms. The van der Waals surface area contributed by atoms with Gasteiger partial charge in [-0.15, -0.1) is 0 Å². The van der Waals surface area contributed by atoms with E-state index in [0.29, 0.717) is 6.07 Å². The van der Waals surface area contributed by atoms with Crippen LogP contribution in [-0.4, -0.2) is 16.1 Å². The number of aromatic nitrogens is 1. The molecule has 0 fully saturated rings. The zero-order valence-corrected chi connectivity index (χ0v) is 7.80. The molecule has 6 heteroatoms. The van der Waals surface area contributed by atoms with Gasteiger partial charge in [-0.25, -0.2) is 4.79 Å². The largest absolute Gasteiger partial charge is 0.478 e. The first-order chi connectivity index (χ1) is 6.88. The normalized spacial score (nSPS) is 11.5. The Morgan fingerprint density at radius 2 is 2.13 bits per heavy atom. The fourth-order valence-electron chi connectivity index (χ4n) is 1.25. The summed E-state index contributed by atoms with van der Waals surface area (Å²) in [5.74, 6) is -1.60. The van der Waals surface area contributed by atoms with E-state index in [-0.39, 0.29) is 12.1 Å². The van der Waals surface area contributed by atoms with Crippen LogP contribution in [-0.2, 0) is 12.6 Å². The van der Waals surface area contributed by atoms with Crippen molar-refractivity contribution in [3.63, 3.8) is 0 Å². The van der Waals surface area contributed by atoms with Gasteiger partial charge in [-0.3, -0.25) is 4.98 Å². The summed E-state index contributed by atoms with van der Waals surface area (Å²) in [6.07, 6.45) is -3.56. The van der Waals surface area contributed by atoms with E-state index in [4.69, 9.17) is 5.11 Å². The third kappa shape index (κ3) is 2.26. The number of carboxylic acids is 1. The second-order valence-corrected chi connectivity index (χ2v) is 2.84. The van der Waals surface area contributed by atoms with Crippen LogP contribution in [0.5, 0.6) is 0 Å². The predicted octanol–water partition coefficient (Wildman–Crippen LogP) is 2.36. The van der Waals surface area contributed by atoms with Gasteiger partial charge >= 0.3 is 12.1 Å². The van der Waals surface area contributed by atoms with Gasteiger partial charge in [-0.05, 0) is 12.5 Å². The van der Waals surface area contributed by atoms with Crippen LogP contribution in [0.1, 0.15) is 28.5 Å². The molecule has 0 spiro atoms. The molecule has 1 aromatic rings. The number of aryl methyl sites for hydroxylation is 1. The molecular formula is C9H8F3NO2. The average molecular weight is 219 g/mol. The first-order valence-corrected chi connectivity index (χ1v) is 4.16. The molecule has 1 N–H and O–H groups in total. The molecule has 1 rings (SSSR count). The Labute approximate surface area is 83.6 Å². The summed E-state index contributed by atoms with van der Waals surface area (Å²) < 4.78 is 37.3. The Morgan fingerprint density at radius 3 is 2.53 bits per heavy atom. The van der Waals surface area contributed by atoms with Gasteiger partial charge in [0.25, 0.3) is 0 Å². The second kappa shape index (κ2) is 3.88. The molecule has 0 saturated heterocycles. The summed E-state index contributed by atoms with van der Waals surface area (Å²) in [7, 11) is 0. The van der Waals surface area contributed by atoms with E-state index in [1.54, 1.807) is 6.92 Å². The predicted molar refractivity (Wildman–Crippen MR) is 45.6 cm³/mol. The zero-order chi connectivity index (χ0) is 11.6. The number of nitrogens with zero attached hydrogens (tertiary/aromatic N) is 1. The fraction of sp³-hybridized carbons (Fsp3) is 0.333. The molecule has 0 aliphatic heterocycles. The highest BCUT2D eigenvalue weighted by atomic mass is 19.4.